The van der Waals surface area contributed by atoms with Crippen LogP contribution in [0, 0.1) is 5.41 Å². The normalized spacial score (nSPS) is 17.6. The lowest BCUT2D eigenvalue weighted by Gasteiger charge is -2.22. The van der Waals surface area contributed by atoms with Crippen LogP contribution in [0.4, 0.5) is 5.69 Å². The van der Waals surface area contributed by atoms with E-state index in [9.17, 15) is 9.90 Å². The van der Waals surface area contributed by atoms with E-state index < -0.39 is 11.4 Å². The van der Waals surface area contributed by atoms with Gasteiger partial charge in [-0.05, 0) is 41.9 Å². The molecule has 1 aromatic carbocycles. The maximum Gasteiger partial charge on any atom is 0.332 e. The molecule has 1 aliphatic rings. The van der Waals surface area contributed by atoms with Gasteiger partial charge < -0.3 is 5.11 Å². The summed E-state index contributed by atoms with van der Waals surface area (Å²) in [6.45, 7) is 3.68. The summed E-state index contributed by atoms with van der Waals surface area (Å²) in [5.74, 6) is -0.918. The minimum atomic E-state index is -0.918. The molecule has 1 heterocycles. The van der Waals surface area contributed by atoms with Gasteiger partial charge in [-0.2, -0.15) is 0 Å². The highest BCUT2D eigenvalue weighted by Crippen LogP contribution is 2.38. The number of hydrogen-bond donors (Lipinski definition) is 1. The van der Waals surface area contributed by atoms with Gasteiger partial charge in [0.2, 0.25) is 0 Å². The van der Waals surface area contributed by atoms with Crippen LogP contribution in [0.15, 0.2) is 34.8 Å². The summed E-state index contributed by atoms with van der Waals surface area (Å²) in [5.41, 5.74) is 1.31. The second-order valence-corrected chi connectivity index (χ2v) is 5.20. The number of halogens is 1. The summed E-state index contributed by atoms with van der Waals surface area (Å²) in [4.78, 5) is 15.8. The van der Waals surface area contributed by atoms with E-state index in [1.54, 1.807) is 6.08 Å². The van der Waals surface area contributed by atoms with E-state index in [2.05, 4.69) is 20.9 Å². The molecule has 17 heavy (non-hydrogen) atoms. The monoisotopic (exact) mass is 293 g/mol. The Morgan fingerprint density at radius 2 is 2.00 bits per heavy atom. The molecule has 0 spiro atoms. The predicted molar refractivity (Wildman–Crippen MR) is 71.9 cm³/mol. The van der Waals surface area contributed by atoms with Crippen molar-refractivity contribution in [1.29, 1.82) is 0 Å². The summed E-state index contributed by atoms with van der Waals surface area (Å²) >= 11 is 3.38. The number of carboxylic acids is 1. The van der Waals surface area contributed by atoms with Crippen molar-refractivity contribution in [2.24, 2.45) is 10.4 Å². The Hall–Kier alpha value is -1.42. The molecular formula is C13H12BrNO2. The van der Waals surface area contributed by atoms with Crippen molar-refractivity contribution in [2.75, 3.05) is 0 Å². The first kappa shape index (κ1) is 12.0. The molecule has 0 bridgehead atoms. The molecule has 0 aromatic heterocycles. The Kier molecular flexibility index (Phi) is 2.91. The standard InChI is InChI=1S/C13H12BrNO2/c1-13(2)9(11(16)17)7-8-5-3-4-6-10(8)15-12(13)14/h3-7H,1-2H3,(H,16,17). The second-order valence-electron chi connectivity index (χ2n) is 4.45. The zero-order valence-electron chi connectivity index (χ0n) is 9.57. The van der Waals surface area contributed by atoms with Crippen LogP contribution in [0.2, 0.25) is 0 Å². The van der Waals surface area contributed by atoms with Crippen LogP contribution in [0.25, 0.3) is 6.08 Å². The molecule has 88 valence electrons. The number of carbonyl (C=O) groups is 1. The molecule has 0 atom stereocenters. The number of nitrogens with zero attached hydrogens (tertiary/aromatic N) is 1. The second kappa shape index (κ2) is 4.11. The van der Waals surface area contributed by atoms with E-state index in [4.69, 9.17) is 0 Å². The molecule has 0 fully saturated rings. The highest BCUT2D eigenvalue weighted by molar-refractivity contribution is 9.18. The van der Waals surface area contributed by atoms with Crippen molar-refractivity contribution < 1.29 is 9.90 Å². The van der Waals surface area contributed by atoms with E-state index in [-0.39, 0.29) is 0 Å². The molecular weight excluding hydrogens is 282 g/mol. The van der Waals surface area contributed by atoms with Gasteiger partial charge in [-0.25, -0.2) is 9.79 Å². The molecule has 1 N–H and O–H groups in total. The molecule has 2 rings (SSSR count). The van der Waals surface area contributed by atoms with Crippen LogP contribution in [0.3, 0.4) is 0 Å². The van der Waals surface area contributed by atoms with Gasteiger partial charge >= 0.3 is 5.97 Å². The number of carboxylic acid groups (broad SMARTS) is 1. The summed E-state index contributed by atoms with van der Waals surface area (Å²) in [5, 5.41) is 9.30. The van der Waals surface area contributed by atoms with E-state index >= 15 is 0 Å². The van der Waals surface area contributed by atoms with E-state index in [1.165, 1.54) is 0 Å². The maximum atomic E-state index is 11.3. The van der Waals surface area contributed by atoms with Crippen molar-refractivity contribution in [3.05, 3.63) is 35.4 Å². The smallest absolute Gasteiger partial charge is 0.332 e. The number of aliphatic carboxylic acids is 1. The summed E-state index contributed by atoms with van der Waals surface area (Å²) < 4.78 is 0.628. The van der Waals surface area contributed by atoms with Gasteiger partial charge in [-0.15, -0.1) is 0 Å². The van der Waals surface area contributed by atoms with Gasteiger partial charge in [0.25, 0.3) is 0 Å². The summed E-state index contributed by atoms with van der Waals surface area (Å²) in [6, 6.07) is 7.49. The Balaban J connectivity index is 2.73. The molecule has 0 aliphatic carbocycles. The topological polar surface area (TPSA) is 49.7 Å². The first-order valence-corrected chi connectivity index (χ1v) is 6.01. The number of fused-ring (bicyclic) bond motifs is 1. The van der Waals surface area contributed by atoms with Gasteiger partial charge in [0.15, 0.2) is 0 Å². The van der Waals surface area contributed by atoms with Crippen molar-refractivity contribution in [2.45, 2.75) is 13.8 Å². The Morgan fingerprint density at radius 3 is 2.65 bits per heavy atom. The van der Waals surface area contributed by atoms with Crippen molar-refractivity contribution in [1.82, 2.24) is 0 Å². The van der Waals surface area contributed by atoms with Gasteiger partial charge in [-0.3, -0.25) is 0 Å². The van der Waals surface area contributed by atoms with Crippen molar-refractivity contribution in [3.8, 4) is 0 Å². The Labute approximate surface area is 108 Å². The summed E-state index contributed by atoms with van der Waals surface area (Å²) in [6.07, 6.45) is 1.69. The lowest BCUT2D eigenvalue weighted by atomic mass is 9.84. The zero-order chi connectivity index (χ0) is 12.6. The third-order valence-corrected chi connectivity index (χ3v) is 4.04. The number of para-hydroxylation sites is 1. The van der Waals surface area contributed by atoms with Crippen LogP contribution in [0.1, 0.15) is 19.4 Å². The van der Waals surface area contributed by atoms with E-state index in [0.29, 0.717) is 10.2 Å². The predicted octanol–water partition coefficient (Wildman–Crippen LogP) is 3.62. The first-order chi connectivity index (χ1) is 7.93. The highest BCUT2D eigenvalue weighted by atomic mass is 79.9. The van der Waals surface area contributed by atoms with E-state index in [0.717, 1.165) is 11.3 Å². The SMILES string of the molecule is CC1(C)C(C(=O)O)=Cc2ccccc2N=C1Br. The van der Waals surface area contributed by atoms with Crippen molar-refractivity contribution >= 4 is 38.3 Å². The van der Waals surface area contributed by atoms with Crippen LogP contribution >= 0.6 is 15.9 Å². The van der Waals surface area contributed by atoms with Crippen LogP contribution in [-0.4, -0.2) is 15.7 Å². The minimum Gasteiger partial charge on any atom is -0.478 e. The molecule has 4 heteroatoms. The highest BCUT2D eigenvalue weighted by Gasteiger charge is 2.34. The van der Waals surface area contributed by atoms with Gasteiger partial charge in [0.05, 0.1) is 10.3 Å². The fourth-order valence-corrected chi connectivity index (χ4v) is 2.14. The van der Waals surface area contributed by atoms with Crippen molar-refractivity contribution in [3.63, 3.8) is 0 Å². The molecule has 0 radical (unpaired) electrons. The first-order valence-electron chi connectivity index (χ1n) is 5.22. The molecule has 1 aromatic rings. The van der Waals surface area contributed by atoms with E-state index in [1.807, 2.05) is 38.1 Å². The average molecular weight is 294 g/mol. The molecule has 0 saturated heterocycles. The van der Waals surface area contributed by atoms with Gasteiger partial charge in [0.1, 0.15) is 0 Å². The number of benzene rings is 1. The maximum absolute atomic E-state index is 11.3. The minimum absolute atomic E-state index is 0.332. The molecule has 0 amide bonds. The van der Waals surface area contributed by atoms with Crippen LogP contribution in [0.5, 0.6) is 0 Å². The molecule has 0 unspecified atom stereocenters. The Morgan fingerprint density at radius 1 is 1.35 bits per heavy atom. The molecule has 1 aliphatic heterocycles. The third-order valence-electron chi connectivity index (χ3n) is 2.87. The average Bonchev–Trinajstić information content (AvgIpc) is 2.35. The fraction of sp³-hybridized carbons (Fsp3) is 0.231. The third kappa shape index (κ3) is 2.05. The van der Waals surface area contributed by atoms with Gasteiger partial charge in [0, 0.05) is 16.6 Å². The lowest BCUT2D eigenvalue weighted by molar-refractivity contribution is -0.133. The lowest BCUT2D eigenvalue weighted by Crippen LogP contribution is -2.26. The van der Waals surface area contributed by atoms with Gasteiger partial charge in [-0.1, -0.05) is 18.2 Å². The fourth-order valence-electron chi connectivity index (χ4n) is 1.73. The largest absolute Gasteiger partial charge is 0.478 e. The zero-order valence-corrected chi connectivity index (χ0v) is 11.2. The molecule has 0 saturated carbocycles. The number of rotatable bonds is 1. The summed E-state index contributed by atoms with van der Waals surface area (Å²) in [7, 11) is 0. The number of aliphatic imine (C=N–C) groups is 1. The van der Waals surface area contributed by atoms with Crippen LogP contribution < -0.4 is 0 Å². The number of hydrogen-bond acceptors (Lipinski definition) is 2. The quantitative estimate of drug-likeness (QED) is 0.860. The molecule has 3 nitrogen and oxygen atoms in total. The Bertz CT molecular complexity index is 544. The van der Waals surface area contributed by atoms with Crippen LogP contribution in [-0.2, 0) is 4.79 Å².